The quantitative estimate of drug-likeness (QED) is 0.714. The highest BCUT2D eigenvalue weighted by atomic mass is 79.9. The Balaban J connectivity index is 1.90. The molecule has 1 atom stereocenters. The molecule has 1 aromatic heterocycles. The third-order valence-electron chi connectivity index (χ3n) is 4.16. The minimum absolute atomic E-state index is 0.699. The second kappa shape index (κ2) is 6.74. The van der Waals surface area contributed by atoms with Crippen LogP contribution >= 0.6 is 15.9 Å². The first-order valence-corrected chi connectivity index (χ1v) is 8.35. The second-order valence-corrected chi connectivity index (χ2v) is 6.57. The summed E-state index contributed by atoms with van der Waals surface area (Å²) in [5.74, 6) is 0.911. The van der Waals surface area contributed by atoms with Gasteiger partial charge in [0.15, 0.2) is 0 Å². The largest absolute Gasteiger partial charge is 0.270 e. The Kier molecular flexibility index (Phi) is 5.28. The average molecular weight is 313 g/mol. The van der Waals surface area contributed by atoms with E-state index in [2.05, 4.69) is 45.6 Å². The van der Waals surface area contributed by atoms with Gasteiger partial charge in [0.1, 0.15) is 0 Å². The van der Waals surface area contributed by atoms with Crippen LogP contribution in [0.4, 0.5) is 0 Å². The van der Waals surface area contributed by atoms with Crippen molar-refractivity contribution in [3.63, 3.8) is 0 Å². The lowest BCUT2D eigenvalue weighted by atomic mass is 9.99. The SMILES string of the molecule is CCc1cc(CCC(Br)C2CCCC2)n(CC)n1. The molecule has 1 unspecified atom stereocenters. The number of aryl methyl sites for hydroxylation is 3. The fraction of sp³-hybridized carbons (Fsp3) is 0.800. The lowest BCUT2D eigenvalue weighted by Gasteiger charge is -2.16. The Labute approximate surface area is 119 Å². The molecule has 1 aliphatic rings. The summed E-state index contributed by atoms with van der Waals surface area (Å²) in [5, 5.41) is 4.62. The van der Waals surface area contributed by atoms with Crippen LogP contribution in [0.3, 0.4) is 0 Å². The van der Waals surface area contributed by atoms with E-state index in [1.54, 1.807) is 0 Å². The molecule has 0 aliphatic heterocycles. The Morgan fingerprint density at radius 3 is 2.72 bits per heavy atom. The number of hydrogen-bond acceptors (Lipinski definition) is 1. The lowest BCUT2D eigenvalue weighted by molar-refractivity contribution is 0.497. The number of nitrogens with zero attached hydrogens (tertiary/aromatic N) is 2. The van der Waals surface area contributed by atoms with E-state index in [0.29, 0.717) is 4.83 Å². The maximum absolute atomic E-state index is 4.62. The molecule has 0 radical (unpaired) electrons. The zero-order valence-electron chi connectivity index (χ0n) is 11.7. The van der Waals surface area contributed by atoms with Gasteiger partial charge in [0, 0.05) is 17.1 Å². The summed E-state index contributed by atoms with van der Waals surface area (Å²) in [5.41, 5.74) is 2.65. The van der Waals surface area contributed by atoms with E-state index >= 15 is 0 Å². The van der Waals surface area contributed by atoms with Gasteiger partial charge in [-0.25, -0.2) is 0 Å². The molecule has 0 N–H and O–H groups in total. The molecule has 1 aliphatic carbocycles. The van der Waals surface area contributed by atoms with Crippen LogP contribution in [0.1, 0.15) is 57.3 Å². The van der Waals surface area contributed by atoms with Crippen molar-refractivity contribution in [1.82, 2.24) is 9.78 Å². The summed E-state index contributed by atoms with van der Waals surface area (Å²) in [6.45, 7) is 5.35. The second-order valence-electron chi connectivity index (χ2n) is 5.40. The number of rotatable bonds is 6. The molecule has 2 rings (SSSR count). The highest BCUT2D eigenvalue weighted by Gasteiger charge is 2.22. The Bertz CT molecular complexity index is 367. The van der Waals surface area contributed by atoms with Gasteiger partial charge < -0.3 is 0 Å². The molecule has 1 fully saturated rings. The summed E-state index contributed by atoms with van der Waals surface area (Å²) in [4.78, 5) is 0.699. The van der Waals surface area contributed by atoms with Crippen LogP contribution in [0.15, 0.2) is 6.07 Å². The van der Waals surface area contributed by atoms with E-state index in [-0.39, 0.29) is 0 Å². The van der Waals surface area contributed by atoms with Crippen LogP contribution in [-0.4, -0.2) is 14.6 Å². The van der Waals surface area contributed by atoms with Gasteiger partial charge in [-0.2, -0.15) is 5.10 Å². The Hall–Kier alpha value is -0.310. The summed E-state index contributed by atoms with van der Waals surface area (Å²) in [6.07, 6.45) is 9.15. The molecule has 3 heteroatoms. The zero-order valence-corrected chi connectivity index (χ0v) is 13.2. The van der Waals surface area contributed by atoms with E-state index in [1.165, 1.54) is 43.5 Å². The summed E-state index contributed by atoms with van der Waals surface area (Å²) >= 11 is 3.90. The molecule has 102 valence electrons. The molecule has 1 aromatic rings. The minimum Gasteiger partial charge on any atom is -0.270 e. The first-order chi connectivity index (χ1) is 8.74. The first kappa shape index (κ1) is 14.1. The van der Waals surface area contributed by atoms with Crippen LogP contribution in [0, 0.1) is 5.92 Å². The van der Waals surface area contributed by atoms with Crippen LogP contribution in [0.2, 0.25) is 0 Å². The van der Waals surface area contributed by atoms with Crippen molar-refractivity contribution in [1.29, 1.82) is 0 Å². The lowest BCUT2D eigenvalue weighted by Crippen LogP contribution is -2.13. The molecule has 18 heavy (non-hydrogen) atoms. The average Bonchev–Trinajstić information content (AvgIpc) is 3.04. The smallest absolute Gasteiger partial charge is 0.0624 e. The topological polar surface area (TPSA) is 17.8 Å². The third kappa shape index (κ3) is 3.37. The van der Waals surface area contributed by atoms with Crippen LogP contribution in [0.25, 0.3) is 0 Å². The Morgan fingerprint density at radius 1 is 1.39 bits per heavy atom. The van der Waals surface area contributed by atoms with E-state index in [1.807, 2.05) is 0 Å². The van der Waals surface area contributed by atoms with E-state index in [4.69, 9.17) is 0 Å². The number of halogens is 1. The van der Waals surface area contributed by atoms with Crippen molar-refractivity contribution in [3.05, 3.63) is 17.5 Å². The molecule has 2 nitrogen and oxygen atoms in total. The standard InChI is InChI=1S/C15H25BrN2/c1-3-13-11-14(18(4-2)17-13)9-10-15(16)12-7-5-6-8-12/h11-12,15H,3-10H2,1-2H3. The highest BCUT2D eigenvalue weighted by molar-refractivity contribution is 9.09. The highest BCUT2D eigenvalue weighted by Crippen LogP contribution is 2.33. The minimum atomic E-state index is 0.699. The zero-order chi connectivity index (χ0) is 13.0. The van der Waals surface area contributed by atoms with Crippen molar-refractivity contribution in [2.45, 2.75) is 70.2 Å². The molecule has 0 aromatic carbocycles. The van der Waals surface area contributed by atoms with Crippen LogP contribution in [-0.2, 0) is 19.4 Å². The van der Waals surface area contributed by atoms with Gasteiger partial charge in [-0.15, -0.1) is 0 Å². The Morgan fingerprint density at radius 2 is 2.11 bits per heavy atom. The fourth-order valence-corrected chi connectivity index (χ4v) is 3.76. The van der Waals surface area contributed by atoms with Gasteiger partial charge in [-0.3, -0.25) is 4.68 Å². The molecule has 1 heterocycles. The molecular weight excluding hydrogens is 288 g/mol. The molecule has 0 saturated heterocycles. The molecular formula is C15H25BrN2. The van der Waals surface area contributed by atoms with Gasteiger partial charge in [-0.1, -0.05) is 35.7 Å². The predicted molar refractivity (Wildman–Crippen MR) is 80.3 cm³/mol. The summed E-state index contributed by atoms with van der Waals surface area (Å²) in [7, 11) is 0. The van der Waals surface area contributed by atoms with Crippen molar-refractivity contribution in [2.75, 3.05) is 0 Å². The van der Waals surface area contributed by atoms with Gasteiger partial charge in [0.25, 0.3) is 0 Å². The van der Waals surface area contributed by atoms with Crippen LogP contribution < -0.4 is 0 Å². The van der Waals surface area contributed by atoms with Gasteiger partial charge in [-0.05, 0) is 51.0 Å². The third-order valence-corrected chi connectivity index (χ3v) is 5.37. The van der Waals surface area contributed by atoms with E-state index < -0.39 is 0 Å². The maximum Gasteiger partial charge on any atom is 0.0624 e. The van der Waals surface area contributed by atoms with Crippen molar-refractivity contribution < 1.29 is 0 Å². The number of hydrogen-bond donors (Lipinski definition) is 0. The van der Waals surface area contributed by atoms with Crippen LogP contribution in [0.5, 0.6) is 0 Å². The molecule has 0 bridgehead atoms. The normalized spacial score (nSPS) is 18.4. The molecule has 0 spiro atoms. The predicted octanol–water partition coefficient (Wildman–Crippen LogP) is 4.35. The summed E-state index contributed by atoms with van der Waals surface area (Å²) < 4.78 is 2.17. The van der Waals surface area contributed by atoms with Crippen molar-refractivity contribution in [2.24, 2.45) is 5.92 Å². The van der Waals surface area contributed by atoms with Gasteiger partial charge in [0.2, 0.25) is 0 Å². The number of aromatic nitrogens is 2. The first-order valence-electron chi connectivity index (χ1n) is 7.44. The monoisotopic (exact) mass is 312 g/mol. The fourth-order valence-electron chi connectivity index (χ4n) is 3.00. The van der Waals surface area contributed by atoms with Gasteiger partial charge in [0.05, 0.1) is 5.69 Å². The van der Waals surface area contributed by atoms with E-state index in [0.717, 1.165) is 25.3 Å². The van der Waals surface area contributed by atoms with Crippen molar-refractivity contribution in [3.8, 4) is 0 Å². The van der Waals surface area contributed by atoms with E-state index in [9.17, 15) is 0 Å². The van der Waals surface area contributed by atoms with Crippen molar-refractivity contribution >= 4 is 15.9 Å². The molecule has 1 saturated carbocycles. The maximum atomic E-state index is 4.62. The summed E-state index contributed by atoms with van der Waals surface area (Å²) in [6, 6.07) is 2.29. The molecule has 0 amide bonds. The van der Waals surface area contributed by atoms with Gasteiger partial charge >= 0.3 is 0 Å². The number of alkyl halides is 1.